The van der Waals surface area contributed by atoms with Crippen LogP contribution in [0.4, 0.5) is 4.39 Å². The Balaban J connectivity index is 1.80. The predicted molar refractivity (Wildman–Crippen MR) is 58.3 cm³/mol. The Hall–Kier alpha value is -1.58. The Labute approximate surface area is 102 Å². The standard InChI is InChI=1S/C9H13FN6O2/c10-6-1-5(3-17)18-9(6)16-7-2-12-4-15(11)8(7)13-14-16/h2,4-6,8-9,17H,1,3,11H2/t5-,6-,8?,9+/m0/s1. The molecule has 0 saturated carbocycles. The SMILES string of the molecule is NN1C=NC=C2C1N=NN2[C@@H]1O[C@H](CO)C[C@@H]1F. The van der Waals surface area contributed by atoms with Crippen molar-refractivity contribution >= 4 is 6.34 Å². The third kappa shape index (κ3) is 1.67. The smallest absolute Gasteiger partial charge is 0.202 e. The minimum absolute atomic E-state index is 0.140. The van der Waals surface area contributed by atoms with Crippen molar-refractivity contribution in [2.24, 2.45) is 21.2 Å². The molecule has 1 unspecified atom stereocenters. The molecule has 3 aliphatic rings. The molecule has 9 heteroatoms. The molecule has 0 aromatic rings. The largest absolute Gasteiger partial charge is 0.394 e. The van der Waals surface area contributed by atoms with Gasteiger partial charge < -0.3 is 9.84 Å². The summed E-state index contributed by atoms with van der Waals surface area (Å²) in [4.78, 5) is 3.91. The van der Waals surface area contributed by atoms with E-state index < -0.39 is 24.7 Å². The van der Waals surface area contributed by atoms with Crippen molar-refractivity contribution in [3.8, 4) is 0 Å². The summed E-state index contributed by atoms with van der Waals surface area (Å²) in [6.07, 6.45) is -0.0543. The van der Waals surface area contributed by atoms with Gasteiger partial charge in [0.2, 0.25) is 6.17 Å². The summed E-state index contributed by atoms with van der Waals surface area (Å²) in [6.45, 7) is -0.217. The Morgan fingerprint density at radius 1 is 1.61 bits per heavy atom. The summed E-state index contributed by atoms with van der Waals surface area (Å²) in [5.41, 5.74) is 0.561. The number of hydrogen-bond donors (Lipinski definition) is 2. The molecule has 8 nitrogen and oxygen atoms in total. The molecule has 3 N–H and O–H groups in total. The molecule has 0 amide bonds. The number of halogens is 1. The first-order valence-electron chi connectivity index (χ1n) is 5.57. The minimum Gasteiger partial charge on any atom is -0.394 e. The monoisotopic (exact) mass is 256 g/mol. The number of ether oxygens (including phenoxy) is 1. The highest BCUT2D eigenvalue weighted by Gasteiger charge is 2.44. The van der Waals surface area contributed by atoms with E-state index in [-0.39, 0.29) is 13.0 Å². The number of nitrogens with zero attached hydrogens (tertiary/aromatic N) is 5. The van der Waals surface area contributed by atoms with Gasteiger partial charge in [-0.3, -0.25) is 5.01 Å². The van der Waals surface area contributed by atoms with Gasteiger partial charge in [0.15, 0.2) is 6.23 Å². The summed E-state index contributed by atoms with van der Waals surface area (Å²) < 4.78 is 19.2. The highest BCUT2D eigenvalue weighted by atomic mass is 19.1. The van der Waals surface area contributed by atoms with Crippen LogP contribution in [0.15, 0.2) is 27.2 Å². The van der Waals surface area contributed by atoms with Crippen molar-refractivity contribution in [3.63, 3.8) is 0 Å². The average molecular weight is 256 g/mol. The van der Waals surface area contributed by atoms with Gasteiger partial charge in [-0.25, -0.2) is 20.2 Å². The van der Waals surface area contributed by atoms with Crippen LogP contribution in [0.25, 0.3) is 0 Å². The van der Waals surface area contributed by atoms with Gasteiger partial charge in [-0.1, -0.05) is 5.22 Å². The van der Waals surface area contributed by atoms with Gasteiger partial charge in [-0.05, 0) is 0 Å². The first-order chi connectivity index (χ1) is 8.70. The zero-order valence-electron chi connectivity index (χ0n) is 9.43. The van der Waals surface area contributed by atoms with Crippen molar-refractivity contribution in [2.75, 3.05) is 6.61 Å². The molecule has 0 aromatic carbocycles. The lowest BCUT2D eigenvalue weighted by Gasteiger charge is -2.28. The molecule has 3 rings (SSSR count). The van der Waals surface area contributed by atoms with Gasteiger partial charge in [0.1, 0.15) is 18.2 Å². The summed E-state index contributed by atoms with van der Waals surface area (Å²) >= 11 is 0. The number of hydrogen-bond acceptors (Lipinski definition) is 8. The second-order valence-corrected chi connectivity index (χ2v) is 4.27. The summed E-state index contributed by atoms with van der Waals surface area (Å²) in [5.74, 6) is 5.66. The number of nitrogens with two attached hydrogens (primary N) is 1. The number of aliphatic hydroxyl groups excluding tert-OH is 1. The first kappa shape index (κ1) is 11.5. The fraction of sp³-hybridized carbons (Fsp3) is 0.667. The second kappa shape index (κ2) is 4.26. The fourth-order valence-corrected chi connectivity index (χ4v) is 2.15. The zero-order chi connectivity index (χ0) is 12.7. The number of rotatable bonds is 2. The van der Waals surface area contributed by atoms with Crippen LogP contribution in [0.2, 0.25) is 0 Å². The average Bonchev–Trinajstić information content (AvgIpc) is 2.93. The lowest BCUT2D eigenvalue weighted by Crippen LogP contribution is -2.45. The van der Waals surface area contributed by atoms with Crippen molar-refractivity contribution in [2.45, 2.75) is 31.1 Å². The maximum absolute atomic E-state index is 13.8. The molecule has 0 aromatic heterocycles. The van der Waals surface area contributed by atoms with Crippen LogP contribution in [-0.2, 0) is 4.74 Å². The zero-order valence-corrected chi connectivity index (χ0v) is 9.43. The molecule has 3 heterocycles. The van der Waals surface area contributed by atoms with Gasteiger partial charge in [0.05, 0.1) is 18.9 Å². The lowest BCUT2D eigenvalue weighted by molar-refractivity contribution is -0.0707. The molecule has 0 radical (unpaired) electrons. The van der Waals surface area contributed by atoms with Crippen molar-refractivity contribution in [1.29, 1.82) is 0 Å². The Morgan fingerprint density at radius 3 is 3.17 bits per heavy atom. The fourth-order valence-electron chi connectivity index (χ4n) is 2.15. The van der Waals surface area contributed by atoms with Crippen LogP contribution in [0.1, 0.15) is 6.42 Å². The molecular formula is C9H13FN6O2. The molecule has 4 atom stereocenters. The van der Waals surface area contributed by atoms with Crippen molar-refractivity contribution in [3.05, 3.63) is 11.9 Å². The maximum Gasteiger partial charge on any atom is 0.202 e. The van der Waals surface area contributed by atoms with Gasteiger partial charge in [-0.15, -0.1) is 5.11 Å². The van der Waals surface area contributed by atoms with Crippen molar-refractivity contribution < 1.29 is 14.2 Å². The van der Waals surface area contributed by atoms with Crippen LogP contribution in [0.3, 0.4) is 0 Å². The maximum atomic E-state index is 13.8. The Kier molecular flexibility index (Phi) is 2.73. The second-order valence-electron chi connectivity index (χ2n) is 4.27. The van der Waals surface area contributed by atoms with E-state index in [2.05, 4.69) is 15.3 Å². The summed E-state index contributed by atoms with van der Waals surface area (Å²) in [5, 5.41) is 19.4. The van der Waals surface area contributed by atoms with Gasteiger partial charge >= 0.3 is 0 Å². The van der Waals surface area contributed by atoms with Gasteiger partial charge in [0.25, 0.3) is 0 Å². The van der Waals surface area contributed by atoms with Crippen LogP contribution in [0, 0.1) is 0 Å². The Morgan fingerprint density at radius 2 is 2.44 bits per heavy atom. The van der Waals surface area contributed by atoms with Crippen LogP contribution in [0.5, 0.6) is 0 Å². The van der Waals surface area contributed by atoms with Gasteiger partial charge in [-0.2, -0.15) is 0 Å². The Bertz CT molecular complexity index is 427. The quantitative estimate of drug-likeness (QED) is 0.649. The van der Waals surface area contributed by atoms with E-state index in [0.717, 1.165) is 0 Å². The number of aliphatic imine (C=N–C) groups is 1. The molecule has 0 spiro atoms. The van der Waals surface area contributed by atoms with E-state index in [1.165, 1.54) is 22.6 Å². The topological polar surface area (TPSA) is 99.0 Å². The predicted octanol–water partition coefficient (Wildman–Crippen LogP) is -0.500. The van der Waals surface area contributed by atoms with E-state index >= 15 is 0 Å². The van der Waals surface area contributed by atoms with E-state index in [1.54, 1.807) is 0 Å². The first-order valence-corrected chi connectivity index (χ1v) is 5.57. The molecule has 0 aliphatic carbocycles. The third-order valence-electron chi connectivity index (χ3n) is 3.05. The van der Waals surface area contributed by atoms with E-state index in [4.69, 9.17) is 15.7 Å². The number of alkyl halides is 1. The number of hydrazine groups is 1. The molecule has 18 heavy (non-hydrogen) atoms. The molecule has 3 aliphatic heterocycles. The normalized spacial score (nSPS) is 38.3. The lowest BCUT2D eigenvalue weighted by atomic mass is 10.2. The van der Waals surface area contributed by atoms with Gasteiger partial charge in [0, 0.05) is 6.42 Å². The van der Waals surface area contributed by atoms with E-state index in [0.29, 0.717) is 5.70 Å². The highest BCUT2D eigenvalue weighted by Crippen LogP contribution is 2.34. The molecule has 1 saturated heterocycles. The van der Waals surface area contributed by atoms with Crippen LogP contribution >= 0.6 is 0 Å². The van der Waals surface area contributed by atoms with Crippen molar-refractivity contribution in [1.82, 2.24) is 10.0 Å². The number of aliphatic hydroxyl groups is 1. The molecule has 0 bridgehead atoms. The van der Waals surface area contributed by atoms with Crippen LogP contribution < -0.4 is 5.84 Å². The molecular weight excluding hydrogens is 243 g/mol. The number of fused-ring (bicyclic) bond motifs is 1. The van der Waals surface area contributed by atoms with E-state index in [1.807, 2.05) is 0 Å². The van der Waals surface area contributed by atoms with Crippen LogP contribution in [-0.4, -0.2) is 52.7 Å². The summed E-state index contributed by atoms with van der Waals surface area (Å²) in [7, 11) is 0. The molecule has 1 fully saturated rings. The minimum atomic E-state index is -1.24. The highest BCUT2D eigenvalue weighted by molar-refractivity contribution is 5.58. The van der Waals surface area contributed by atoms with E-state index in [9.17, 15) is 4.39 Å². The molecule has 98 valence electrons. The third-order valence-corrected chi connectivity index (χ3v) is 3.05. The summed E-state index contributed by atoms with van der Waals surface area (Å²) in [6, 6.07) is 0.